The Morgan fingerprint density at radius 2 is 1.52 bits per heavy atom. The molecule has 5 rings (SSSR count). The average molecular weight is 549 g/mol. The first-order chi connectivity index (χ1) is 19.5. The summed E-state index contributed by atoms with van der Waals surface area (Å²) < 4.78 is 11.5. The minimum absolute atomic E-state index is 0.312. The molecule has 0 saturated carbocycles. The molecule has 0 atom stereocenters. The third kappa shape index (κ3) is 6.54. The van der Waals surface area contributed by atoms with Crippen LogP contribution in [0.25, 0.3) is 10.8 Å². The van der Waals surface area contributed by atoms with Crippen molar-refractivity contribution in [2.75, 3.05) is 0 Å². The van der Waals surface area contributed by atoms with Crippen LogP contribution in [0.15, 0.2) is 114 Å². The summed E-state index contributed by atoms with van der Waals surface area (Å²) in [5, 5.41) is 6.43. The fourth-order valence-electron chi connectivity index (χ4n) is 4.02. The van der Waals surface area contributed by atoms with Gasteiger partial charge in [0.1, 0.15) is 18.1 Å². The van der Waals surface area contributed by atoms with Crippen LogP contribution < -0.4 is 14.9 Å². The molecular formula is C33H25ClN2O4. The van der Waals surface area contributed by atoms with Gasteiger partial charge in [-0.15, -0.1) is 0 Å². The SMILES string of the molecule is Cc1ccc(COc2ccc(C(=O)N/N=C\c3c(OC(=O)c4ccc(Cl)cc4)ccc4ccccc34)cc2)cc1. The highest BCUT2D eigenvalue weighted by molar-refractivity contribution is 6.30. The van der Waals surface area contributed by atoms with E-state index in [4.69, 9.17) is 21.1 Å². The van der Waals surface area contributed by atoms with Crippen LogP contribution in [-0.2, 0) is 6.61 Å². The first kappa shape index (κ1) is 26.7. The Kier molecular flexibility index (Phi) is 8.18. The summed E-state index contributed by atoms with van der Waals surface area (Å²) >= 11 is 5.93. The van der Waals surface area contributed by atoms with E-state index >= 15 is 0 Å². The number of aryl methyl sites for hydroxylation is 1. The summed E-state index contributed by atoms with van der Waals surface area (Å²) in [5.74, 6) is 0.0480. The van der Waals surface area contributed by atoms with Crippen LogP contribution in [0.2, 0.25) is 5.02 Å². The number of amides is 1. The lowest BCUT2D eigenvalue weighted by molar-refractivity contribution is 0.0734. The van der Waals surface area contributed by atoms with Crippen molar-refractivity contribution in [3.05, 3.63) is 142 Å². The van der Waals surface area contributed by atoms with Gasteiger partial charge in [0, 0.05) is 16.1 Å². The average Bonchev–Trinajstić information content (AvgIpc) is 2.98. The molecule has 1 N–H and O–H groups in total. The summed E-state index contributed by atoms with van der Waals surface area (Å²) in [6.45, 7) is 2.48. The molecule has 40 heavy (non-hydrogen) atoms. The lowest BCUT2D eigenvalue weighted by Crippen LogP contribution is -2.17. The van der Waals surface area contributed by atoms with E-state index in [1.807, 2.05) is 61.5 Å². The number of nitrogens with zero attached hydrogens (tertiary/aromatic N) is 1. The number of nitrogens with one attached hydrogen (secondary N) is 1. The smallest absolute Gasteiger partial charge is 0.343 e. The molecule has 0 saturated heterocycles. The molecule has 7 heteroatoms. The normalized spacial score (nSPS) is 10.9. The number of carbonyl (C=O) groups excluding carboxylic acids is 2. The highest BCUT2D eigenvalue weighted by Gasteiger charge is 2.14. The van der Waals surface area contributed by atoms with Crippen molar-refractivity contribution in [1.29, 1.82) is 0 Å². The van der Waals surface area contributed by atoms with E-state index < -0.39 is 5.97 Å². The molecule has 0 aliphatic heterocycles. The second kappa shape index (κ2) is 12.3. The van der Waals surface area contributed by atoms with E-state index in [0.717, 1.165) is 16.3 Å². The highest BCUT2D eigenvalue weighted by Crippen LogP contribution is 2.27. The minimum Gasteiger partial charge on any atom is -0.489 e. The maximum Gasteiger partial charge on any atom is 0.343 e. The van der Waals surface area contributed by atoms with E-state index in [9.17, 15) is 9.59 Å². The number of benzene rings is 5. The van der Waals surface area contributed by atoms with Crippen LogP contribution in [0.1, 0.15) is 37.4 Å². The Morgan fingerprint density at radius 1 is 0.825 bits per heavy atom. The summed E-state index contributed by atoms with van der Waals surface area (Å²) in [6, 6.07) is 32.6. The van der Waals surface area contributed by atoms with Gasteiger partial charge in [0.2, 0.25) is 0 Å². The highest BCUT2D eigenvalue weighted by atomic mass is 35.5. The fourth-order valence-corrected chi connectivity index (χ4v) is 4.14. The van der Waals surface area contributed by atoms with Crippen molar-refractivity contribution < 1.29 is 19.1 Å². The van der Waals surface area contributed by atoms with Crippen molar-refractivity contribution in [3.8, 4) is 11.5 Å². The third-order valence-corrected chi connectivity index (χ3v) is 6.47. The number of rotatable bonds is 8. The summed E-state index contributed by atoms with van der Waals surface area (Å²) in [6.07, 6.45) is 1.48. The van der Waals surface area contributed by atoms with Gasteiger partial charge in [0.25, 0.3) is 5.91 Å². The maximum absolute atomic E-state index is 12.8. The second-order valence-electron chi connectivity index (χ2n) is 9.09. The van der Waals surface area contributed by atoms with E-state index in [0.29, 0.717) is 39.8 Å². The lowest BCUT2D eigenvalue weighted by atomic mass is 10.0. The quantitative estimate of drug-likeness (QED) is 0.0950. The molecule has 0 fully saturated rings. The second-order valence-corrected chi connectivity index (χ2v) is 9.53. The van der Waals surface area contributed by atoms with Gasteiger partial charge in [0.15, 0.2) is 0 Å². The molecule has 198 valence electrons. The zero-order valence-corrected chi connectivity index (χ0v) is 22.4. The van der Waals surface area contributed by atoms with Crippen molar-refractivity contribution in [2.45, 2.75) is 13.5 Å². The van der Waals surface area contributed by atoms with Gasteiger partial charge in [-0.1, -0.05) is 71.8 Å². The number of hydrogen-bond acceptors (Lipinski definition) is 5. The summed E-state index contributed by atoms with van der Waals surface area (Å²) in [5.41, 5.74) is 6.14. The first-order valence-corrected chi connectivity index (χ1v) is 13.0. The van der Waals surface area contributed by atoms with E-state index in [-0.39, 0.29) is 5.91 Å². The number of ether oxygens (including phenoxy) is 2. The maximum atomic E-state index is 12.8. The van der Waals surface area contributed by atoms with Gasteiger partial charge in [-0.05, 0) is 77.9 Å². The standard InChI is InChI=1S/C33H25ClN2O4/c1-22-6-8-23(9-7-22)21-39-28-17-12-25(13-18-28)32(37)36-35-20-30-29-5-3-2-4-24(29)14-19-31(30)40-33(38)26-10-15-27(34)16-11-26/h2-20H,21H2,1H3,(H,36,37)/b35-20-. The van der Waals surface area contributed by atoms with Gasteiger partial charge in [0.05, 0.1) is 11.8 Å². The number of carbonyl (C=O) groups is 2. The van der Waals surface area contributed by atoms with Crippen LogP contribution in [0, 0.1) is 6.92 Å². The molecule has 1 amide bonds. The monoisotopic (exact) mass is 548 g/mol. The zero-order valence-electron chi connectivity index (χ0n) is 21.6. The Morgan fingerprint density at radius 3 is 2.27 bits per heavy atom. The molecule has 5 aromatic carbocycles. The predicted octanol–water partition coefficient (Wildman–Crippen LogP) is 7.36. The lowest BCUT2D eigenvalue weighted by Gasteiger charge is -2.11. The number of halogens is 1. The van der Waals surface area contributed by atoms with Gasteiger partial charge in [-0.2, -0.15) is 5.10 Å². The van der Waals surface area contributed by atoms with Crippen LogP contribution in [0.3, 0.4) is 0 Å². The topological polar surface area (TPSA) is 77.0 Å². The Labute approximate surface area is 236 Å². The van der Waals surface area contributed by atoms with Crippen molar-refractivity contribution >= 4 is 40.5 Å². The first-order valence-electron chi connectivity index (χ1n) is 12.6. The molecular weight excluding hydrogens is 524 g/mol. The Hall–Kier alpha value is -4.94. The van der Waals surface area contributed by atoms with Crippen molar-refractivity contribution in [2.24, 2.45) is 5.10 Å². The van der Waals surface area contributed by atoms with Crippen LogP contribution in [-0.4, -0.2) is 18.1 Å². The number of esters is 1. The molecule has 0 aromatic heterocycles. The Bertz CT molecular complexity index is 1680. The molecule has 0 bridgehead atoms. The molecule has 0 aliphatic carbocycles. The van der Waals surface area contributed by atoms with E-state index in [2.05, 4.69) is 10.5 Å². The molecule has 0 radical (unpaired) electrons. The molecule has 0 aliphatic rings. The zero-order chi connectivity index (χ0) is 27.9. The molecule has 6 nitrogen and oxygen atoms in total. The van der Waals surface area contributed by atoms with Gasteiger partial charge in [-0.3, -0.25) is 4.79 Å². The molecule has 0 unspecified atom stereocenters. The predicted molar refractivity (Wildman–Crippen MR) is 157 cm³/mol. The van der Waals surface area contributed by atoms with Gasteiger partial charge < -0.3 is 9.47 Å². The fraction of sp³-hybridized carbons (Fsp3) is 0.0606. The van der Waals surface area contributed by atoms with Gasteiger partial charge >= 0.3 is 5.97 Å². The Balaban J connectivity index is 1.28. The number of hydrogen-bond donors (Lipinski definition) is 1. The van der Waals surface area contributed by atoms with Crippen molar-refractivity contribution in [1.82, 2.24) is 5.43 Å². The third-order valence-electron chi connectivity index (χ3n) is 6.22. The number of fused-ring (bicyclic) bond motifs is 1. The molecule has 0 heterocycles. The molecule has 5 aromatic rings. The van der Waals surface area contributed by atoms with E-state index in [1.165, 1.54) is 11.8 Å². The van der Waals surface area contributed by atoms with Crippen molar-refractivity contribution in [3.63, 3.8) is 0 Å². The largest absolute Gasteiger partial charge is 0.489 e. The minimum atomic E-state index is -0.532. The molecule has 0 spiro atoms. The van der Waals surface area contributed by atoms with Crippen LogP contribution in [0.4, 0.5) is 0 Å². The van der Waals surface area contributed by atoms with Crippen LogP contribution in [0.5, 0.6) is 11.5 Å². The van der Waals surface area contributed by atoms with E-state index in [1.54, 1.807) is 54.6 Å². The van der Waals surface area contributed by atoms with Crippen LogP contribution >= 0.6 is 11.6 Å². The summed E-state index contributed by atoms with van der Waals surface area (Å²) in [4.78, 5) is 25.5. The summed E-state index contributed by atoms with van der Waals surface area (Å²) in [7, 11) is 0. The van der Waals surface area contributed by atoms with Gasteiger partial charge in [-0.25, -0.2) is 10.2 Å². The number of hydrazone groups is 1.